The molecule has 106 valence electrons. The van der Waals surface area contributed by atoms with E-state index in [-0.39, 0.29) is 17.7 Å². The van der Waals surface area contributed by atoms with Gasteiger partial charge in [-0.15, -0.1) is 0 Å². The average Bonchev–Trinajstić information content (AvgIpc) is 3.19. The van der Waals surface area contributed by atoms with E-state index in [1.165, 1.54) is 12.1 Å². The Hall–Kier alpha value is -1.82. The number of hydrogen-bond acceptors (Lipinski definition) is 3. The van der Waals surface area contributed by atoms with Crippen molar-refractivity contribution in [2.24, 2.45) is 0 Å². The normalized spacial score (nSPS) is 21.1. The van der Waals surface area contributed by atoms with Gasteiger partial charge in [-0.25, -0.2) is 5.43 Å². The van der Waals surface area contributed by atoms with Crippen LogP contribution in [0, 0.1) is 0 Å². The second-order valence-electron chi connectivity index (χ2n) is 5.16. The van der Waals surface area contributed by atoms with E-state index in [0.29, 0.717) is 0 Å². The highest BCUT2D eigenvalue weighted by molar-refractivity contribution is 5.93. The van der Waals surface area contributed by atoms with Crippen molar-refractivity contribution in [2.45, 2.75) is 24.4 Å². The van der Waals surface area contributed by atoms with Gasteiger partial charge in [-0.3, -0.25) is 4.79 Å². The van der Waals surface area contributed by atoms with Gasteiger partial charge in [0.05, 0.1) is 12.1 Å². The number of carbonyl (C=O) groups is 1. The van der Waals surface area contributed by atoms with Gasteiger partial charge in [-0.05, 0) is 30.5 Å². The number of carbonyl (C=O) groups excluding carboxylic acids is 1. The molecule has 1 saturated carbocycles. The molecule has 0 unspecified atom stereocenters. The van der Waals surface area contributed by atoms with E-state index in [2.05, 4.69) is 10.9 Å². The maximum atomic E-state index is 12.6. The van der Waals surface area contributed by atoms with E-state index in [9.17, 15) is 18.0 Å². The fourth-order valence-electron chi connectivity index (χ4n) is 2.55. The molecule has 0 bridgehead atoms. The third kappa shape index (κ3) is 2.20. The van der Waals surface area contributed by atoms with Gasteiger partial charge in [0.1, 0.15) is 0 Å². The smallest absolute Gasteiger partial charge is 0.324 e. The molecule has 0 aromatic heterocycles. The molecule has 3 rings (SSSR count). The lowest BCUT2D eigenvalue weighted by molar-refractivity contribution is -0.137. The largest absolute Gasteiger partial charge is 0.416 e. The molecule has 20 heavy (non-hydrogen) atoms. The van der Waals surface area contributed by atoms with E-state index in [1.807, 2.05) is 0 Å². The summed E-state index contributed by atoms with van der Waals surface area (Å²) in [5.74, 6) is -0.0306. The highest BCUT2D eigenvalue weighted by Gasteiger charge is 2.48. The second kappa shape index (κ2) is 4.34. The van der Waals surface area contributed by atoms with Crippen LogP contribution in [0.25, 0.3) is 0 Å². The molecule has 0 radical (unpaired) electrons. The minimum atomic E-state index is -4.32. The average molecular weight is 282 g/mol. The monoisotopic (exact) mass is 282 g/mol. The minimum absolute atomic E-state index is 0.0306. The summed E-state index contributed by atoms with van der Waals surface area (Å²) in [6.45, 7) is 0.229. The molecule has 6 heteroatoms. The van der Waals surface area contributed by atoms with Crippen molar-refractivity contribution in [1.29, 1.82) is 0 Å². The predicted molar refractivity (Wildman–Crippen MR) is 66.6 cm³/mol. The van der Waals surface area contributed by atoms with Crippen molar-refractivity contribution >= 4 is 5.78 Å². The van der Waals surface area contributed by atoms with Crippen molar-refractivity contribution in [1.82, 2.24) is 10.9 Å². The summed E-state index contributed by atoms with van der Waals surface area (Å²) in [6.07, 6.45) is -1.13. The molecule has 1 aromatic rings. The molecule has 1 fully saturated rings. The first-order valence-corrected chi connectivity index (χ1v) is 6.33. The van der Waals surface area contributed by atoms with Crippen molar-refractivity contribution < 1.29 is 18.0 Å². The third-order valence-corrected chi connectivity index (χ3v) is 3.82. The number of benzene rings is 1. The fraction of sp³-hybridized carbons (Fsp3) is 0.357. The van der Waals surface area contributed by atoms with E-state index < -0.39 is 11.7 Å². The Morgan fingerprint density at radius 3 is 2.25 bits per heavy atom. The maximum absolute atomic E-state index is 12.6. The molecule has 1 aliphatic heterocycles. The lowest BCUT2D eigenvalue weighted by Gasteiger charge is -2.25. The second-order valence-corrected chi connectivity index (χ2v) is 5.16. The summed E-state index contributed by atoms with van der Waals surface area (Å²) >= 11 is 0. The van der Waals surface area contributed by atoms with Gasteiger partial charge in [-0.1, -0.05) is 12.1 Å². The number of hydrogen-bond donors (Lipinski definition) is 2. The first kappa shape index (κ1) is 13.2. The molecule has 2 N–H and O–H groups in total. The summed E-state index contributed by atoms with van der Waals surface area (Å²) < 4.78 is 37.7. The van der Waals surface area contributed by atoms with Crippen LogP contribution in [-0.2, 0) is 16.4 Å². The zero-order chi connectivity index (χ0) is 14.4. The quantitative estimate of drug-likeness (QED) is 0.874. The van der Waals surface area contributed by atoms with Gasteiger partial charge in [0.15, 0.2) is 5.78 Å². The molecule has 3 nitrogen and oxygen atoms in total. The first-order valence-electron chi connectivity index (χ1n) is 6.33. The minimum Gasteiger partial charge on any atom is -0.324 e. The molecule has 1 heterocycles. The summed E-state index contributed by atoms with van der Waals surface area (Å²) in [5.41, 5.74) is 6.31. The number of allylic oxidation sites excluding steroid dienone is 1. The molecule has 0 spiro atoms. The van der Waals surface area contributed by atoms with Crippen LogP contribution in [0.15, 0.2) is 36.0 Å². The zero-order valence-corrected chi connectivity index (χ0v) is 10.6. The Morgan fingerprint density at radius 2 is 1.75 bits per heavy atom. The third-order valence-electron chi connectivity index (χ3n) is 3.82. The van der Waals surface area contributed by atoms with Crippen molar-refractivity contribution in [3.63, 3.8) is 0 Å². The van der Waals surface area contributed by atoms with Gasteiger partial charge < -0.3 is 5.43 Å². The lowest BCUT2D eigenvalue weighted by atomic mass is 9.90. The van der Waals surface area contributed by atoms with Crippen LogP contribution in [-0.4, -0.2) is 12.3 Å². The molecule has 0 atom stereocenters. The van der Waals surface area contributed by atoms with Gasteiger partial charge in [0, 0.05) is 17.2 Å². The van der Waals surface area contributed by atoms with E-state index in [4.69, 9.17) is 0 Å². The number of ketones is 1. The predicted octanol–water partition coefficient (Wildman–Crippen LogP) is 2.30. The summed E-state index contributed by atoms with van der Waals surface area (Å²) in [7, 11) is 0. The van der Waals surface area contributed by atoms with Crippen LogP contribution in [0.2, 0.25) is 0 Å². The van der Waals surface area contributed by atoms with Crippen LogP contribution in [0.4, 0.5) is 13.2 Å². The van der Waals surface area contributed by atoms with Gasteiger partial charge in [-0.2, -0.15) is 13.2 Å². The first-order chi connectivity index (χ1) is 9.42. The fourth-order valence-corrected chi connectivity index (χ4v) is 2.55. The van der Waals surface area contributed by atoms with Crippen LogP contribution in [0.3, 0.4) is 0 Å². The Labute approximate surface area is 113 Å². The highest BCUT2D eigenvalue weighted by atomic mass is 19.4. The highest BCUT2D eigenvalue weighted by Crippen LogP contribution is 2.53. The Balaban J connectivity index is 1.91. The van der Waals surface area contributed by atoms with Crippen molar-refractivity contribution in [2.75, 3.05) is 6.54 Å². The Kier molecular flexibility index (Phi) is 2.86. The lowest BCUT2D eigenvalue weighted by Crippen LogP contribution is -2.43. The number of nitrogens with one attached hydrogen (secondary N) is 2. The van der Waals surface area contributed by atoms with E-state index in [0.717, 1.165) is 36.2 Å². The molecular formula is C14H13F3N2O. The van der Waals surface area contributed by atoms with Gasteiger partial charge >= 0.3 is 6.18 Å². The topological polar surface area (TPSA) is 41.1 Å². The number of rotatable bonds is 2. The molecule has 2 aliphatic rings. The summed E-state index contributed by atoms with van der Waals surface area (Å²) in [5, 5.41) is 0. The number of halogens is 3. The summed E-state index contributed by atoms with van der Waals surface area (Å²) in [4.78, 5) is 11.4. The van der Waals surface area contributed by atoms with Crippen LogP contribution in [0.1, 0.15) is 24.0 Å². The molecule has 1 aromatic carbocycles. The molecular weight excluding hydrogens is 269 g/mol. The Morgan fingerprint density at radius 1 is 1.10 bits per heavy atom. The van der Waals surface area contributed by atoms with Gasteiger partial charge in [0.2, 0.25) is 0 Å². The van der Waals surface area contributed by atoms with Crippen LogP contribution >= 0.6 is 0 Å². The van der Waals surface area contributed by atoms with Crippen LogP contribution in [0.5, 0.6) is 0 Å². The van der Waals surface area contributed by atoms with E-state index in [1.54, 1.807) is 6.08 Å². The maximum Gasteiger partial charge on any atom is 0.416 e. The molecule has 0 saturated heterocycles. The zero-order valence-electron chi connectivity index (χ0n) is 10.6. The molecule has 1 aliphatic carbocycles. The van der Waals surface area contributed by atoms with Gasteiger partial charge in [0.25, 0.3) is 0 Å². The number of hydrazine groups is 1. The molecule has 0 amide bonds. The van der Waals surface area contributed by atoms with Crippen molar-refractivity contribution in [3.8, 4) is 0 Å². The number of alkyl halides is 3. The standard InChI is InChI=1S/C14H13F3N2O/c15-14(16,17)10-3-1-9(2-4-10)13(5-6-13)12-7-11(20)8-18-19-12/h1-4,7,18-19H,5-6,8H2. The van der Waals surface area contributed by atoms with Crippen molar-refractivity contribution in [3.05, 3.63) is 47.2 Å². The van der Waals surface area contributed by atoms with E-state index >= 15 is 0 Å². The SMILES string of the molecule is O=C1C=C(C2(c3ccc(C(F)(F)F)cc3)CC2)NNC1. The van der Waals surface area contributed by atoms with Crippen LogP contribution < -0.4 is 10.9 Å². The summed E-state index contributed by atoms with van der Waals surface area (Å²) in [6, 6.07) is 5.18. The Bertz CT molecular complexity index is 571.